The molecule has 4 nitrogen and oxygen atoms in total. The standard InChI is InChI=1S/C15H28O4Si/c1-10-12(9-16)14(18-11(2)17)8-13(10)19-20(6,7)15(3,4)5/h12-14,16H,1,8-9H2,2-7H3. The minimum absolute atomic E-state index is 0.0614. The molecule has 1 N–H and O–H groups in total. The zero-order valence-electron chi connectivity index (χ0n) is 13.5. The lowest BCUT2D eigenvalue weighted by molar-refractivity contribution is -0.148. The Morgan fingerprint density at radius 3 is 2.40 bits per heavy atom. The fourth-order valence-corrected chi connectivity index (χ4v) is 3.55. The predicted molar refractivity (Wildman–Crippen MR) is 82.0 cm³/mol. The molecule has 0 heterocycles. The van der Waals surface area contributed by atoms with Gasteiger partial charge in [0, 0.05) is 19.3 Å². The topological polar surface area (TPSA) is 55.8 Å². The van der Waals surface area contributed by atoms with Crippen molar-refractivity contribution in [2.24, 2.45) is 5.92 Å². The van der Waals surface area contributed by atoms with E-state index in [0.717, 1.165) is 5.57 Å². The SMILES string of the molecule is C=C1C(O[Si](C)(C)C(C)(C)C)CC(OC(C)=O)C1CO. The molecule has 5 heteroatoms. The van der Waals surface area contributed by atoms with Gasteiger partial charge in [-0.1, -0.05) is 27.4 Å². The molecule has 1 saturated carbocycles. The molecule has 116 valence electrons. The second kappa shape index (κ2) is 5.99. The maximum Gasteiger partial charge on any atom is 0.302 e. The van der Waals surface area contributed by atoms with Crippen LogP contribution in [-0.4, -0.2) is 38.2 Å². The van der Waals surface area contributed by atoms with Crippen LogP contribution >= 0.6 is 0 Å². The summed E-state index contributed by atoms with van der Waals surface area (Å²) in [4.78, 5) is 11.2. The Labute approximate surface area is 123 Å². The number of aliphatic hydroxyl groups excluding tert-OH is 1. The molecule has 0 radical (unpaired) electrons. The Hall–Kier alpha value is -0.653. The first-order chi connectivity index (χ1) is 8.99. The molecule has 3 unspecified atom stereocenters. The molecular weight excluding hydrogens is 272 g/mol. The van der Waals surface area contributed by atoms with Crippen molar-refractivity contribution < 1.29 is 19.1 Å². The molecule has 0 aromatic rings. The Balaban J connectivity index is 2.83. The van der Waals surface area contributed by atoms with Crippen molar-refractivity contribution in [2.75, 3.05) is 6.61 Å². The summed E-state index contributed by atoms with van der Waals surface area (Å²) >= 11 is 0. The van der Waals surface area contributed by atoms with Crippen LogP contribution in [0, 0.1) is 5.92 Å². The van der Waals surface area contributed by atoms with Crippen LogP contribution in [-0.2, 0) is 14.0 Å². The molecule has 0 amide bonds. The first kappa shape index (κ1) is 17.4. The van der Waals surface area contributed by atoms with Crippen LogP contribution in [0.4, 0.5) is 0 Å². The van der Waals surface area contributed by atoms with Crippen molar-refractivity contribution in [1.82, 2.24) is 0 Å². The minimum atomic E-state index is -1.91. The van der Waals surface area contributed by atoms with Crippen molar-refractivity contribution in [3.63, 3.8) is 0 Å². The Kier molecular flexibility index (Phi) is 5.22. The van der Waals surface area contributed by atoms with Gasteiger partial charge in [0.1, 0.15) is 6.10 Å². The fourth-order valence-electron chi connectivity index (χ4n) is 2.24. The highest BCUT2D eigenvalue weighted by molar-refractivity contribution is 6.74. The first-order valence-electron chi connectivity index (χ1n) is 7.14. The lowest BCUT2D eigenvalue weighted by Gasteiger charge is -2.38. The monoisotopic (exact) mass is 300 g/mol. The molecule has 0 aliphatic heterocycles. The molecule has 20 heavy (non-hydrogen) atoms. The van der Waals surface area contributed by atoms with Gasteiger partial charge < -0.3 is 14.3 Å². The molecule has 0 aromatic carbocycles. The van der Waals surface area contributed by atoms with Crippen LogP contribution in [0.25, 0.3) is 0 Å². The van der Waals surface area contributed by atoms with Crippen LogP contribution in [0.5, 0.6) is 0 Å². The van der Waals surface area contributed by atoms with Crippen LogP contribution in [0.3, 0.4) is 0 Å². The van der Waals surface area contributed by atoms with Crippen molar-refractivity contribution in [2.45, 2.75) is 64.5 Å². The van der Waals surface area contributed by atoms with Crippen molar-refractivity contribution in [3.8, 4) is 0 Å². The van der Waals surface area contributed by atoms with E-state index in [9.17, 15) is 9.90 Å². The third kappa shape index (κ3) is 3.71. The highest BCUT2D eigenvalue weighted by Crippen LogP contribution is 2.42. The van der Waals surface area contributed by atoms with Gasteiger partial charge in [-0.2, -0.15) is 0 Å². The summed E-state index contributed by atoms with van der Waals surface area (Å²) in [6.07, 6.45) is 0.146. The van der Waals surface area contributed by atoms with Gasteiger partial charge in [-0.15, -0.1) is 0 Å². The third-order valence-corrected chi connectivity index (χ3v) is 9.03. The van der Waals surface area contributed by atoms with E-state index in [1.54, 1.807) is 0 Å². The molecule has 0 aromatic heterocycles. The largest absolute Gasteiger partial charge is 0.462 e. The van der Waals surface area contributed by atoms with Crippen LogP contribution in [0.1, 0.15) is 34.1 Å². The van der Waals surface area contributed by atoms with E-state index in [4.69, 9.17) is 9.16 Å². The Morgan fingerprint density at radius 2 is 2.00 bits per heavy atom. The average molecular weight is 300 g/mol. The molecule has 1 fully saturated rings. The summed E-state index contributed by atoms with van der Waals surface area (Å²) in [6, 6.07) is 0. The molecule has 0 saturated heterocycles. The third-order valence-electron chi connectivity index (χ3n) is 4.54. The van der Waals surface area contributed by atoms with Gasteiger partial charge in [0.15, 0.2) is 8.32 Å². The molecule has 1 aliphatic carbocycles. The Bertz CT molecular complexity index is 384. The van der Waals surface area contributed by atoms with Crippen molar-refractivity contribution in [3.05, 3.63) is 12.2 Å². The summed E-state index contributed by atoms with van der Waals surface area (Å²) in [5.41, 5.74) is 0.851. The van der Waals surface area contributed by atoms with E-state index in [1.807, 2.05) is 0 Å². The van der Waals surface area contributed by atoms with E-state index < -0.39 is 8.32 Å². The van der Waals surface area contributed by atoms with E-state index in [-0.39, 0.29) is 35.7 Å². The van der Waals surface area contributed by atoms with Gasteiger partial charge >= 0.3 is 5.97 Å². The van der Waals surface area contributed by atoms with Crippen LogP contribution in [0.15, 0.2) is 12.2 Å². The number of hydrogen-bond donors (Lipinski definition) is 1. The predicted octanol–water partition coefficient (Wildman–Crippen LogP) is 2.88. The lowest BCUT2D eigenvalue weighted by atomic mass is 10.0. The smallest absolute Gasteiger partial charge is 0.302 e. The lowest BCUT2D eigenvalue weighted by Crippen LogP contribution is -2.43. The van der Waals surface area contributed by atoms with Gasteiger partial charge in [0.25, 0.3) is 0 Å². The van der Waals surface area contributed by atoms with E-state index in [0.29, 0.717) is 6.42 Å². The van der Waals surface area contributed by atoms with Gasteiger partial charge in [-0.05, 0) is 23.7 Å². The molecular formula is C15H28O4Si. The number of aliphatic hydroxyl groups is 1. The van der Waals surface area contributed by atoms with Crippen molar-refractivity contribution in [1.29, 1.82) is 0 Å². The van der Waals surface area contributed by atoms with E-state index in [1.165, 1.54) is 6.92 Å². The average Bonchev–Trinajstić information content (AvgIpc) is 2.52. The summed E-state index contributed by atoms with van der Waals surface area (Å²) in [5, 5.41) is 9.61. The van der Waals surface area contributed by atoms with Gasteiger partial charge in [0.05, 0.1) is 12.7 Å². The molecule has 1 aliphatic rings. The minimum Gasteiger partial charge on any atom is -0.462 e. The maximum atomic E-state index is 11.2. The number of rotatable bonds is 4. The number of carbonyl (C=O) groups is 1. The molecule has 1 rings (SSSR count). The van der Waals surface area contributed by atoms with E-state index >= 15 is 0 Å². The number of ether oxygens (including phenoxy) is 1. The van der Waals surface area contributed by atoms with Gasteiger partial charge in [-0.25, -0.2) is 0 Å². The molecule has 0 bridgehead atoms. The van der Waals surface area contributed by atoms with Crippen LogP contribution < -0.4 is 0 Å². The quantitative estimate of drug-likeness (QED) is 0.493. The zero-order chi connectivity index (χ0) is 15.7. The number of carbonyl (C=O) groups excluding carboxylic acids is 1. The fraction of sp³-hybridized carbons (Fsp3) is 0.800. The maximum absolute atomic E-state index is 11.2. The zero-order valence-corrected chi connectivity index (χ0v) is 14.5. The number of hydrogen-bond acceptors (Lipinski definition) is 4. The van der Waals surface area contributed by atoms with Crippen molar-refractivity contribution >= 4 is 14.3 Å². The second-order valence-corrected chi connectivity index (χ2v) is 11.9. The van der Waals surface area contributed by atoms with E-state index in [2.05, 4.69) is 40.4 Å². The highest BCUT2D eigenvalue weighted by Gasteiger charge is 2.45. The first-order valence-corrected chi connectivity index (χ1v) is 10.0. The summed E-state index contributed by atoms with van der Waals surface area (Å²) < 4.78 is 11.6. The second-order valence-electron chi connectivity index (χ2n) is 7.11. The summed E-state index contributed by atoms with van der Waals surface area (Å²) in [5.74, 6) is -0.539. The van der Waals surface area contributed by atoms with Gasteiger partial charge in [-0.3, -0.25) is 4.79 Å². The highest BCUT2D eigenvalue weighted by atomic mass is 28.4. The summed E-state index contributed by atoms with van der Waals surface area (Å²) in [6.45, 7) is 16.3. The Morgan fingerprint density at radius 1 is 1.45 bits per heavy atom. The normalized spacial score (nSPS) is 27.8. The number of esters is 1. The summed E-state index contributed by atoms with van der Waals surface area (Å²) in [7, 11) is -1.91. The molecule has 3 atom stereocenters. The van der Waals surface area contributed by atoms with Gasteiger partial charge in [0.2, 0.25) is 0 Å². The molecule has 0 spiro atoms. The van der Waals surface area contributed by atoms with Crippen LogP contribution in [0.2, 0.25) is 18.1 Å².